The monoisotopic (exact) mass is 189 g/mol. The average molecular weight is 189 g/mol. The van der Waals surface area contributed by atoms with Crippen molar-refractivity contribution in [2.45, 2.75) is 13.0 Å². The quantitative estimate of drug-likeness (QED) is 0.194. The van der Waals surface area contributed by atoms with Crippen molar-refractivity contribution in [3.8, 4) is 0 Å². The van der Waals surface area contributed by atoms with Gasteiger partial charge in [0.2, 0.25) is 0 Å². The van der Waals surface area contributed by atoms with Gasteiger partial charge in [-0.1, -0.05) is 0 Å². The van der Waals surface area contributed by atoms with Crippen LogP contribution in [0.5, 0.6) is 0 Å². The third-order valence-corrected chi connectivity index (χ3v) is 1.29. The zero-order valence-electron chi connectivity index (χ0n) is 7.40. The van der Waals surface area contributed by atoms with Crippen LogP contribution in [0.25, 0.3) is 0 Å². The van der Waals surface area contributed by atoms with Gasteiger partial charge in [0.15, 0.2) is 0 Å². The fraction of sp³-hybridized carbons (Fsp3) is 0.500. The van der Waals surface area contributed by atoms with Gasteiger partial charge in [0.1, 0.15) is 6.54 Å². The molecule has 0 rings (SSSR count). The van der Waals surface area contributed by atoms with E-state index in [-0.39, 0.29) is 12.6 Å². The predicted octanol–water partition coefficient (Wildman–Crippen LogP) is -2.19. The average Bonchev–Trinajstić information content (AvgIpc) is 2.03. The number of hydroxylamine groups is 1. The number of nitrogens with zero attached hydrogens (tertiary/aromatic N) is 1. The van der Waals surface area contributed by atoms with Crippen LogP contribution >= 0.6 is 0 Å². The van der Waals surface area contributed by atoms with Gasteiger partial charge in [-0.2, -0.15) is 0 Å². The molecule has 8 N–H and O–H groups in total. The summed E-state index contributed by atoms with van der Waals surface area (Å²) in [5, 5.41) is 9.20. The van der Waals surface area contributed by atoms with Gasteiger partial charge in [-0.3, -0.25) is 10.0 Å². The van der Waals surface area contributed by atoms with Crippen molar-refractivity contribution < 1.29 is 10.0 Å². The number of hydrazine groups is 1. The molecule has 0 aromatic carbocycles. The second kappa shape index (κ2) is 5.36. The van der Waals surface area contributed by atoms with Crippen LogP contribution in [0, 0.1) is 0 Å². The lowest BCUT2D eigenvalue weighted by Gasteiger charge is -2.14. The van der Waals surface area contributed by atoms with Crippen LogP contribution in [-0.2, 0) is 4.79 Å². The number of hydrogen-bond acceptors (Lipinski definition) is 6. The first-order valence-corrected chi connectivity index (χ1v) is 3.64. The Kier molecular flexibility index (Phi) is 4.82. The second-order valence-corrected chi connectivity index (χ2v) is 2.63. The highest BCUT2D eigenvalue weighted by molar-refractivity contribution is 5.76. The van der Waals surface area contributed by atoms with Gasteiger partial charge in [-0.25, -0.2) is 11.3 Å². The number of rotatable bonds is 4. The first kappa shape index (κ1) is 11.7. The zero-order valence-corrected chi connectivity index (χ0v) is 7.40. The lowest BCUT2D eigenvalue weighted by atomic mass is 10.3. The molecule has 13 heavy (non-hydrogen) atoms. The Labute approximate surface area is 76.1 Å². The van der Waals surface area contributed by atoms with Gasteiger partial charge in [-0.15, -0.1) is 0 Å². The summed E-state index contributed by atoms with van der Waals surface area (Å²) in [4.78, 5) is 10.6. The minimum Gasteiger partial charge on any atom is -0.400 e. The Morgan fingerprint density at radius 3 is 2.69 bits per heavy atom. The smallest absolute Gasteiger partial charge is 0.264 e. The Balaban J connectivity index is 4.06. The van der Waals surface area contributed by atoms with Crippen LogP contribution in [0.3, 0.4) is 0 Å². The van der Waals surface area contributed by atoms with Crippen molar-refractivity contribution in [2.24, 2.45) is 17.3 Å². The molecule has 0 aromatic rings. The molecule has 1 atom stereocenters. The van der Waals surface area contributed by atoms with Crippen LogP contribution in [0.15, 0.2) is 11.9 Å². The Bertz CT molecular complexity index is 203. The van der Waals surface area contributed by atoms with Crippen molar-refractivity contribution in [1.82, 2.24) is 10.5 Å². The summed E-state index contributed by atoms with van der Waals surface area (Å²) in [5.41, 5.74) is 12.7. The van der Waals surface area contributed by atoms with Gasteiger partial charge in [0.25, 0.3) is 5.91 Å². The number of carbonyl (C=O) groups is 1. The van der Waals surface area contributed by atoms with Crippen molar-refractivity contribution in [2.75, 3.05) is 6.54 Å². The fourth-order valence-electron chi connectivity index (χ4n) is 0.556. The molecule has 0 saturated carbocycles. The highest BCUT2D eigenvalue weighted by Gasteiger charge is 2.04. The van der Waals surface area contributed by atoms with Gasteiger partial charge < -0.3 is 16.5 Å². The largest absolute Gasteiger partial charge is 0.400 e. The minimum atomic E-state index is -0.628. The molecular weight excluding hydrogens is 174 g/mol. The van der Waals surface area contributed by atoms with E-state index in [1.165, 1.54) is 11.7 Å². The van der Waals surface area contributed by atoms with E-state index in [1.807, 2.05) is 0 Å². The van der Waals surface area contributed by atoms with Crippen molar-refractivity contribution >= 4 is 5.91 Å². The molecule has 1 amide bonds. The zero-order chi connectivity index (χ0) is 10.4. The summed E-state index contributed by atoms with van der Waals surface area (Å²) in [5.74, 6) is 4.71. The molecule has 76 valence electrons. The number of nitrogens with one attached hydrogen (secondary N) is 1. The maximum absolute atomic E-state index is 10.6. The van der Waals surface area contributed by atoms with Crippen molar-refractivity contribution in [3.63, 3.8) is 0 Å². The van der Waals surface area contributed by atoms with Crippen molar-refractivity contribution in [3.05, 3.63) is 11.9 Å². The molecule has 7 nitrogen and oxygen atoms in total. The molecule has 0 bridgehead atoms. The number of hydrogen-bond donors (Lipinski definition) is 5. The van der Waals surface area contributed by atoms with E-state index in [0.717, 1.165) is 5.01 Å². The number of amides is 1. The lowest BCUT2D eigenvalue weighted by Crippen LogP contribution is -2.38. The molecule has 7 heteroatoms. The van der Waals surface area contributed by atoms with Crippen LogP contribution in [-0.4, -0.2) is 28.7 Å². The first-order chi connectivity index (χ1) is 5.97. The maximum Gasteiger partial charge on any atom is 0.264 e. The Morgan fingerprint density at radius 1 is 1.77 bits per heavy atom. The predicted molar refractivity (Wildman–Crippen MR) is 46.7 cm³/mol. The summed E-state index contributed by atoms with van der Waals surface area (Å²) in [6.07, 6.45) is 1.33. The SMILES string of the molecule is CC(N)/C(N)=C/N(N)CC(=O)NO. The third-order valence-electron chi connectivity index (χ3n) is 1.29. The van der Waals surface area contributed by atoms with E-state index in [4.69, 9.17) is 22.5 Å². The maximum atomic E-state index is 10.6. The van der Waals surface area contributed by atoms with Crippen LogP contribution in [0.4, 0.5) is 0 Å². The van der Waals surface area contributed by atoms with Crippen LogP contribution in [0.1, 0.15) is 6.92 Å². The molecule has 0 radical (unpaired) electrons. The molecule has 0 heterocycles. The standard InChI is InChI=1S/C6H15N5O2/c1-4(7)5(8)2-11(9)3-6(12)10-13/h2,4,13H,3,7-9H2,1H3,(H,10,12)/b5-2-. The number of nitrogens with two attached hydrogens (primary N) is 3. The molecular formula is C6H15N5O2. The molecule has 0 aliphatic carbocycles. The summed E-state index contributed by atoms with van der Waals surface area (Å²) in [6.45, 7) is 1.50. The highest BCUT2D eigenvalue weighted by atomic mass is 16.5. The van der Waals surface area contributed by atoms with E-state index >= 15 is 0 Å². The number of carbonyl (C=O) groups excluding carboxylic acids is 1. The fourth-order valence-corrected chi connectivity index (χ4v) is 0.556. The summed E-state index contributed by atoms with van der Waals surface area (Å²) < 4.78 is 0. The van der Waals surface area contributed by atoms with Gasteiger partial charge in [-0.05, 0) is 6.92 Å². The molecule has 0 saturated heterocycles. The van der Waals surface area contributed by atoms with Crippen molar-refractivity contribution in [1.29, 1.82) is 0 Å². The topological polar surface area (TPSA) is 131 Å². The molecule has 1 unspecified atom stereocenters. The van der Waals surface area contributed by atoms with Gasteiger partial charge in [0, 0.05) is 17.9 Å². The van der Waals surface area contributed by atoms with Crippen LogP contribution in [0.2, 0.25) is 0 Å². The summed E-state index contributed by atoms with van der Waals surface area (Å²) in [6, 6.07) is -0.330. The Hall–Kier alpha value is -1.31. The minimum absolute atomic E-state index is 0.191. The Morgan fingerprint density at radius 2 is 2.31 bits per heavy atom. The van der Waals surface area contributed by atoms with Crippen LogP contribution < -0.4 is 22.8 Å². The molecule has 0 aliphatic rings. The lowest BCUT2D eigenvalue weighted by molar-refractivity contribution is -0.129. The second-order valence-electron chi connectivity index (χ2n) is 2.63. The highest BCUT2D eigenvalue weighted by Crippen LogP contribution is 1.90. The summed E-state index contributed by atoms with van der Waals surface area (Å²) >= 11 is 0. The van der Waals surface area contributed by atoms with Gasteiger partial charge in [0.05, 0.1) is 0 Å². The van der Waals surface area contributed by atoms with E-state index < -0.39 is 5.91 Å². The molecule has 0 fully saturated rings. The van der Waals surface area contributed by atoms with E-state index in [2.05, 4.69) is 0 Å². The molecule has 0 spiro atoms. The van der Waals surface area contributed by atoms with E-state index in [0.29, 0.717) is 5.70 Å². The summed E-state index contributed by atoms with van der Waals surface area (Å²) in [7, 11) is 0. The molecule has 0 aromatic heterocycles. The normalized spacial score (nSPS) is 13.7. The molecule has 0 aliphatic heterocycles. The van der Waals surface area contributed by atoms with E-state index in [1.54, 1.807) is 6.92 Å². The van der Waals surface area contributed by atoms with Gasteiger partial charge >= 0.3 is 0 Å². The third kappa shape index (κ3) is 5.01. The first-order valence-electron chi connectivity index (χ1n) is 3.64. The van der Waals surface area contributed by atoms with E-state index in [9.17, 15) is 4.79 Å².